The van der Waals surface area contributed by atoms with Crippen molar-refractivity contribution in [3.63, 3.8) is 0 Å². The number of hydrogen-bond acceptors (Lipinski definition) is 6. The Morgan fingerprint density at radius 3 is 2.76 bits per heavy atom. The molecule has 1 N–H and O–H groups in total. The number of benzene rings is 1. The number of carbonyl (C=O) groups excluding carboxylic acids is 1. The molecule has 7 heteroatoms. The maximum Gasteiger partial charge on any atom is 0.229 e. The van der Waals surface area contributed by atoms with Crippen LogP contribution in [0.5, 0.6) is 11.5 Å². The monoisotopic (exact) mass is 374 g/mol. The number of thiazole rings is 1. The summed E-state index contributed by atoms with van der Waals surface area (Å²) >= 11 is 3.17. The van der Waals surface area contributed by atoms with Crippen LogP contribution in [-0.4, -0.2) is 25.1 Å². The van der Waals surface area contributed by atoms with Gasteiger partial charge in [0.25, 0.3) is 0 Å². The number of aromatic nitrogens is 1. The van der Waals surface area contributed by atoms with Crippen molar-refractivity contribution in [2.24, 2.45) is 0 Å². The largest absolute Gasteiger partial charge is 0.497 e. The summed E-state index contributed by atoms with van der Waals surface area (Å²) in [5.74, 6) is 1.13. The number of methoxy groups -OCH3 is 2. The van der Waals surface area contributed by atoms with Gasteiger partial charge in [0.1, 0.15) is 11.5 Å². The third-order valence-corrected chi connectivity index (χ3v) is 5.41. The predicted octanol–water partition coefficient (Wildman–Crippen LogP) is 4.38. The van der Waals surface area contributed by atoms with Crippen molar-refractivity contribution in [1.29, 1.82) is 0 Å². The summed E-state index contributed by atoms with van der Waals surface area (Å²) in [5.41, 5.74) is 1.48. The molecule has 0 atom stereocenters. The van der Waals surface area contributed by atoms with E-state index in [1.54, 1.807) is 55.1 Å². The molecule has 0 unspecified atom stereocenters. The summed E-state index contributed by atoms with van der Waals surface area (Å²) in [6, 6.07) is 9.30. The quantitative estimate of drug-likeness (QED) is 0.696. The van der Waals surface area contributed by atoms with Crippen molar-refractivity contribution in [3.8, 4) is 22.1 Å². The van der Waals surface area contributed by atoms with Crippen LogP contribution in [0.4, 0.5) is 5.69 Å². The highest BCUT2D eigenvalue weighted by atomic mass is 32.1. The highest BCUT2D eigenvalue weighted by Gasteiger charge is 2.17. The van der Waals surface area contributed by atoms with Crippen molar-refractivity contribution in [2.45, 2.75) is 13.3 Å². The molecule has 1 aromatic carbocycles. The van der Waals surface area contributed by atoms with Crippen molar-refractivity contribution >= 4 is 34.3 Å². The lowest BCUT2D eigenvalue weighted by atomic mass is 10.2. The first-order chi connectivity index (χ1) is 12.1. The van der Waals surface area contributed by atoms with Gasteiger partial charge < -0.3 is 14.8 Å². The van der Waals surface area contributed by atoms with Crippen LogP contribution < -0.4 is 14.8 Å². The fraction of sp³-hybridized carbons (Fsp3) is 0.222. The van der Waals surface area contributed by atoms with Crippen LogP contribution in [-0.2, 0) is 11.2 Å². The molecular formula is C18H18N2O3S2. The molecule has 0 spiro atoms. The van der Waals surface area contributed by atoms with E-state index in [0.29, 0.717) is 17.2 Å². The number of aryl methyl sites for hydroxylation is 1. The minimum Gasteiger partial charge on any atom is -0.497 e. The third-order valence-electron chi connectivity index (χ3n) is 3.56. The van der Waals surface area contributed by atoms with Gasteiger partial charge in [0.15, 0.2) is 0 Å². The van der Waals surface area contributed by atoms with E-state index < -0.39 is 0 Å². The Balaban J connectivity index is 1.80. The van der Waals surface area contributed by atoms with Gasteiger partial charge in [-0.2, -0.15) is 0 Å². The van der Waals surface area contributed by atoms with Gasteiger partial charge in [-0.3, -0.25) is 4.79 Å². The van der Waals surface area contributed by atoms with Crippen LogP contribution in [0.1, 0.15) is 9.88 Å². The van der Waals surface area contributed by atoms with E-state index in [2.05, 4.69) is 10.3 Å². The van der Waals surface area contributed by atoms with E-state index in [1.165, 1.54) is 0 Å². The number of ether oxygens (including phenoxy) is 2. The Bertz CT molecular complexity index is 873. The first kappa shape index (κ1) is 17.4. The summed E-state index contributed by atoms with van der Waals surface area (Å²) in [6.07, 6.45) is 0.263. The second-order valence-corrected chi connectivity index (χ2v) is 7.51. The van der Waals surface area contributed by atoms with Gasteiger partial charge in [-0.1, -0.05) is 6.07 Å². The summed E-state index contributed by atoms with van der Waals surface area (Å²) in [7, 11) is 3.15. The summed E-state index contributed by atoms with van der Waals surface area (Å²) in [6.45, 7) is 1.95. The lowest BCUT2D eigenvalue weighted by molar-refractivity contribution is -0.115. The van der Waals surface area contributed by atoms with Crippen LogP contribution in [0.15, 0.2) is 35.7 Å². The number of rotatable bonds is 6. The van der Waals surface area contributed by atoms with Crippen LogP contribution in [0.2, 0.25) is 0 Å². The smallest absolute Gasteiger partial charge is 0.229 e. The van der Waals surface area contributed by atoms with Gasteiger partial charge in [-0.25, -0.2) is 4.98 Å². The number of hydrogen-bond donors (Lipinski definition) is 1. The lowest BCUT2D eigenvalue weighted by Gasteiger charge is -2.11. The average molecular weight is 374 g/mol. The van der Waals surface area contributed by atoms with E-state index >= 15 is 0 Å². The van der Waals surface area contributed by atoms with Crippen LogP contribution >= 0.6 is 22.7 Å². The molecule has 1 amide bonds. The van der Waals surface area contributed by atoms with E-state index in [0.717, 1.165) is 20.5 Å². The predicted molar refractivity (Wildman–Crippen MR) is 102 cm³/mol. The molecule has 25 heavy (non-hydrogen) atoms. The number of nitrogens with one attached hydrogen (secondary N) is 1. The third kappa shape index (κ3) is 4.00. The van der Waals surface area contributed by atoms with E-state index in [4.69, 9.17) is 9.47 Å². The Kier molecular flexibility index (Phi) is 5.35. The fourth-order valence-corrected chi connectivity index (χ4v) is 4.20. The second-order valence-electron chi connectivity index (χ2n) is 5.27. The summed E-state index contributed by atoms with van der Waals surface area (Å²) in [5, 5.41) is 5.86. The zero-order chi connectivity index (χ0) is 17.8. The molecule has 2 aromatic heterocycles. The van der Waals surface area contributed by atoms with Crippen LogP contribution in [0.3, 0.4) is 0 Å². The molecule has 0 bridgehead atoms. The molecule has 0 saturated carbocycles. The van der Waals surface area contributed by atoms with Gasteiger partial charge in [-0.15, -0.1) is 22.7 Å². The van der Waals surface area contributed by atoms with E-state index in [9.17, 15) is 4.79 Å². The molecule has 2 heterocycles. The highest BCUT2D eigenvalue weighted by Crippen LogP contribution is 2.33. The lowest BCUT2D eigenvalue weighted by Crippen LogP contribution is -2.15. The first-order valence-corrected chi connectivity index (χ1v) is 9.32. The number of amides is 1. The maximum atomic E-state index is 12.6. The van der Waals surface area contributed by atoms with E-state index in [1.807, 2.05) is 24.4 Å². The van der Waals surface area contributed by atoms with Gasteiger partial charge in [0.05, 0.1) is 41.9 Å². The molecule has 0 radical (unpaired) electrons. The molecule has 0 aliphatic heterocycles. The molecular weight excluding hydrogens is 356 g/mol. The number of carbonyl (C=O) groups is 1. The van der Waals surface area contributed by atoms with Crippen molar-refractivity contribution in [3.05, 3.63) is 45.6 Å². The number of nitrogens with zero attached hydrogens (tertiary/aromatic N) is 1. The molecule has 5 nitrogen and oxygen atoms in total. The summed E-state index contributed by atoms with van der Waals surface area (Å²) < 4.78 is 10.5. The van der Waals surface area contributed by atoms with Crippen molar-refractivity contribution < 1.29 is 14.3 Å². The fourth-order valence-electron chi connectivity index (χ4n) is 2.45. The SMILES string of the molecule is COc1ccc(OC)c(NC(=O)Cc2sc(C)nc2-c2cccs2)c1. The minimum absolute atomic E-state index is 0.118. The molecule has 3 aromatic rings. The van der Waals surface area contributed by atoms with Crippen molar-refractivity contribution in [2.75, 3.05) is 19.5 Å². The molecule has 130 valence electrons. The van der Waals surface area contributed by atoms with Crippen LogP contribution in [0.25, 0.3) is 10.6 Å². The maximum absolute atomic E-state index is 12.6. The molecule has 0 aliphatic carbocycles. The average Bonchev–Trinajstić information content (AvgIpc) is 3.24. The topological polar surface area (TPSA) is 60.5 Å². The Labute approximate surface area is 154 Å². The zero-order valence-electron chi connectivity index (χ0n) is 14.2. The molecule has 0 aliphatic rings. The normalized spacial score (nSPS) is 10.5. The summed E-state index contributed by atoms with van der Waals surface area (Å²) in [4.78, 5) is 19.2. The molecule has 0 fully saturated rings. The zero-order valence-corrected chi connectivity index (χ0v) is 15.8. The van der Waals surface area contributed by atoms with Crippen LogP contribution in [0, 0.1) is 6.92 Å². The van der Waals surface area contributed by atoms with Crippen molar-refractivity contribution in [1.82, 2.24) is 4.98 Å². The number of thiophene rings is 1. The molecule has 3 rings (SSSR count). The first-order valence-electron chi connectivity index (χ1n) is 7.62. The number of anilines is 1. The van der Waals surface area contributed by atoms with E-state index in [-0.39, 0.29) is 12.3 Å². The second kappa shape index (κ2) is 7.67. The minimum atomic E-state index is -0.118. The van der Waals surface area contributed by atoms with Gasteiger partial charge in [-0.05, 0) is 30.5 Å². The Hall–Kier alpha value is -2.38. The van der Waals surface area contributed by atoms with Gasteiger partial charge in [0, 0.05) is 10.9 Å². The molecule has 0 saturated heterocycles. The Morgan fingerprint density at radius 1 is 1.24 bits per heavy atom. The standard InChI is InChI=1S/C18H18N2O3S2/c1-11-19-18(15-5-4-8-24-15)16(25-11)10-17(21)20-13-9-12(22-2)6-7-14(13)23-3/h4-9H,10H2,1-3H3,(H,20,21). The Morgan fingerprint density at radius 2 is 2.08 bits per heavy atom. The highest BCUT2D eigenvalue weighted by molar-refractivity contribution is 7.15. The van der Waals surface area contributed by atoms with Gasteiger partial charge in [0.2, 0.25) is 5.91 Å². The van der Waals surface area contributed by atoms with Gasteiger partial charge >= 0.3 is 0 Å².